The molecule has 0 saturated carbocycles. The topological polar surface area (TPSA) is 26.0 Å². The van der Waals surface area contributed by atoms with Crippen molar-refractivity contribution in [3.8, 4) is 0 Å². The van der Waals surface area contributed by atoms with E-state index in [1.807, 2.05) is 0 Å². The van der Waals surface area contributed by atoms with E-state index in [2.05, 4.69) is 6.58 Å². The summed E-state index contributed by atoms with van der Waals surface area (Å²) < 4.78 is 35.9. The number of hydrogen-bond donors (Lipinski definition) is 1. The second-order valence-corrected chi connectivity index (χ2v) is 2.15. The summed E-state index contributed by atoms with van der Waals surface area (Å²) in [7, 11) is 0. The van der Waals surface area contributed by atoms with E-state index in [1.165, 1.54) is 6.92 Å². The van der Waals surface area contributed by atoms with Gasteiger partial charge in [0.25, 0.3) is 0 Å². The van der Waals surface area contributed by atoms with E-state index in [9.17, 15) is 13.2 Å². The Morgan fingerprint density at radius 3 is 2.08 bits per heavy atom. The van der Waals surface area contributed by atoms with Gasteiger partial charge >= 0.3 is 6.18 Å². The van der Waals surface area contributed by atoms with E-state index in [4.69, 9.17) is 5.73 Å². The average molecular weight is 177 g/mol. The van der Waals surface area contributed by atoms with Gasteiger partial charge in [0.05, 0.1) is 5.57 Å². The maximum absolute atomic E-state index is 12.0. The first-order valence-corrected chi connectivity index (χ1v) is 3.24. The number of halogens is 3. The summed E-state index contributed by atoms with van der Waals surface area (Å²) in [5.74, 6) is 0. The van der Waals surface area contributed by atoms with Gasteiger partial charge in [-0.25, -0.2) is 0 Å². The fraction of sp³-hybridized carbons (Fsp3) is 0.250. The highest BCUT2D eigenvalue weighted by Crippen LogP contribution is 2.26. The average Bonchev–Trinajstić information content (AvgIpc) is 1.85. The van der Waals surface area contributed by atoms with Crippen molar-refractivity contribution in [2.45, 2.75) is 13.1 Å². The van der Waals surface area contributed by atoms with Crippen molar-refractivity contribution in [2.75, 3.05) is 0 Å². The number of nitrogens with two attached hydrogens (primary N) is 1. The fourth-order valence-electron chi connectivity index (χ4n) is 0.551. The van der Waals surface area contributed by atoms with Crippen LogP contribution in [0.15, 0.2) is 36.1 Å². The smallest absolute Gasteiger partial charge is 0.399 e. The summed E-state index contributed by atoms with van der Waals surface area (Å²) in [4.78, 5) is 0. The lowest BCUT2D eigenvalue weighted by molar-refractivity contribution is -0.0883. The number of rotatable bonds is 2. The van der Waals surface area contributed by atoms with Crippen LogP contribution in [0.5, 0.6) is 0 Å². The van der Waals surface area contributed by atoms with Gasteiger partial charge in [0.2, 0.25) is 0 Å². The first-order chi connectivity index (χ1) is 5.38. The van der Waals surface area contributed by atoms with Crippen molar-refractivity contribution in [2.24, 2.45) is 5.73 Å². The molecule has 0 spiro atoms. The van der Waals surface area contributed by atoms with Gasteiger partial charge in [-0.1, -0.05) is 12.7 Å². The zero-order chi connectivity index (χ0) is 9.78. The van der Waals surface area contributed by atoms with Crippen LogP contribution >= 0.6 is 0 Å². The van der Waals surface area contributed by atoms with Gasteiger partial charge in [0, 0.05) is 5.70 Å². The highest BCUT2D eigenvalue weighted by atomic mass is 19.4. The van der Waals surface area contributed by atoms with Crippen molar-refractivity contribution in [1.29, 1.82) is 0 Å². The molecule has 0 fully saturated rings. The predicted octanol–water partition coefficient (Wildman–Crippen LogP) is 2.52. The van der Waals surface area contributed by atoms with Crippen LogP contribution in [0.3, 0.4) is 0 Å². The van der Waals surface area contributed by atoms with E-state index in [0.29, 0.717) is 0 Å². The minimum atomic E-state index is -4.32. The van der Waals surface area contributed by atoms with Gasteiger partial charge in [0.1, 0.15) is 0 Å². The molecule has 0 aliphatic carbocycles. The third kappa shape index (κ3) is 3.85. The Balaban J connectivity index is 4.53. The van der Waals surface area contributed by atoms with Crippen LogP contribution in [-0.2, 0) is 0 Å². The molecule has 0 amide bonds. The van der Waals surface area contributed by atoms with Gasteiger partial charge in [-0.15, -0.1) is 0 Å². The molecule has 0 radical (unpaired) electrons. The third-order valence-corrected chi connectivity index (χ3v) is 1.12. The van der Waals surface area contributed by atoms with Crippen LogP contribution in [0.2, 0.25) is 0 Å². The van der Waals surface area contributed by atoms with Gasteiger partial charge < -0.3 is 5.73 Å². The summed E-state index contributed by atoms with van der Waals surface area (Å²) in [5, 5.41) is 0. The fourth-order valence-corrected chi connectivity index (χ4v) is 0.551. The molecule has 0 aliphatic heterocycles. The normalized spacial score (nSPS) is 13.8. The molecule has 1 nitrogen and oxygen atoms in total. The first-order valence-electron chi connectivity index (χ1n) is 3.24. The standard InChI is InChI=1S/C8H10F3N/c1-3-7(8(9,10)11)5-4-6(2)12/h3-5H,2,12H2,1H3/b5-4-,7-3+. The van der Waals surface area contributed by atoms with Crippen LogP contribution in [0, 0.1) is 0 Å². The van der Waals surface area contributed by atoms with Gasteiger partial charge in [-0.05, 0) is 19.1 Å². The highest BCUT2D eigenvalue weighted by molar-refractivity contribution is 5.27. The maximum atomic E-state index is 12.0. The first kappa shape index (κ1) is 10.8. The minimum absolute atomic E-state index is 0.0959. The lowest BCUT2D eigenvalue weighted by Gasteiger charge is -2.05. The summed E-state index contributed by atoms with van der Waals surface area (Å²) in [6.45, 7) is 4.55. The van der Waals surface area contributed by atoms with Crippen molar-refractivity contribution in [3.63, 3.8) is 0 Å². The zero-order valence-electron chi connectivity index (χ0n) is 6.65. The van der Waals surface area contributed by atoms with Gasteiger partial charge in [0.15, 0.2) is 0 Å². The predicted molar refractivity (Wildman–Crippen MR) is 42.3 cm³/mol. The minimum Gasteiger partial charge on any atom is -0.399 e. The van der Waals surface area contributed by atoms with Crippen molar-refractivity contribution >= 4 is 0 Å². The molecule has 12 heavy (non-hydrogen) atoms. The Morgan fingerprint density at radius 2 is 1.83 bits per heavy atom. The largest absolute Gasteiger partial charge is 0.416 e. The molecule has 0 aromatic rings. The van der Waals surface area contributed by atoms with E-state index in [1.54, 1.807) is 0 Å². The van der Waals surface area contributed by atoms with Crippen molar-refractivity contribution in [3.05, 3.63) is 36.1 Å². The second-order valence-electron chi connectivity index (χ2n) is 2.15. The summed E-state index contributed by atoms with van der Waals surface area (Å²) in [6.07, 6.45) is -1.34. The van der Waals surface area contributed by atoms with Crippen LogP contribution in [0.1, 0.15) is 6.92 Å². The molecular weight excluding hydrogens is 167 g/mol. The SMILES string of the molecule is C=C(N)/C=C\C(=C/C)C(F)(F)F. The Kier molecular flexibility index (Phi) is 3.60. The molecule has 0 saturated heterocycles. The zero-order valence-corrected chi connectivity index (χ0v) is 6.65. The van der Waals surface area contributed by atoms with Crippen LogP contribution in [0.25, 0.3) is 0 Å². The lowest BCUT2D eigenvalue weighted by atomic mass is 10.2. The molecule has 0 aliphatic rings. The lowest BCUT2D eigenvalue weighted by Crippen LogP contribution is -2.09. The summed E-state index contributed by atoms with van der Waals surface area (Å²) in [6, 6.07) is 0. The summed E-state index contributed by atoms with van der Waals surface area (Å²) in [5.41, 5.74) is 4.43. The van der Waals surface area contributed by atoms with Gasteiger partial charge in [-0.3, -0.25) is 0 Å². The molecule has 68 valence electrons. The molecule has 0 heterocycles. The van der Waals surface area contributed by atoms with Gasteiger partial charge in [-0.2, -0.15) is 13.2 Å². The van der Waals surface area contributed by atoms with Crippen molar-refractivity contribution < 1.29 is 13.2 Å². The van der Waals surface area contributed by atoms with E-state index in [-0.39, 0.29) is 5.70 Å². The van der Waals surface area contributed by atoms with Crippen molar-refractivity contribution in [1.82, 2.24) is 0 Å². The monoisotopic (exact) mass is 177 g/mol. The Bertz CT molecular complexity index is 223. The maximum Gasteiger partial charge on any atom is 0.416 e. The van der Waals surface area contributed by atoms with Crippen LogP contribution < -0.4 is 5.73 Å². The van der Waals surface area contributed by atoms with E-state index >= 15 is 0 Å². The summed E-state index contributed by atoms with van der Waals surface area (Å²) >= 11 is 0. The molecule has 0 unspecified atom stereocenters. The quantitative estimate of drug-likeness (QED) is 0.644. The highest BCUT2D eigenvalue weighted by Gasteiger charge is 2.30. The van der Waals surface area contributed by atoms with E-state index in [0.717, 1.165) is 18.2 Å². The number of hydrogen-bond acceptors (Lipinski definition) is 1. The molecule has 0 aromatic carbocycles. The molecule has 0 bridgehead atoms. The number of alkyl halides is 3. The molecule has 4 heteroatoms. The second kappa shape index (κ2) is 3.99. The molecule has 2 N–H and O–H groups in total. The van der Waals surface area contributed by atoms with Crippen LogP contribution in [0.4, 0.5) is 13.2 Å². The molecule has 0 aromatic heterocycles. The Morgan fingerprint density at radius 1 is 1.33 bits per heavy atom. The third-order valence-electron chi connectivity index (χ3n) is 1.12. The Labute approximate surface area is 69.1 Å². The molecule has 0 rings (SSSR count). The Hall–Kier alpha value is -1.19. The van der Waals surface area contributed by atoms with Crippen LogP contribution in [-0.4, -0.2) is 6.18 Å². The molecular formula is C8H10F3N. The molecule has 0 atom stereocenters. The number of allylic oxidation sites excluding steroid dienone is 4. The van der Waals surface area contributed by atoms with E-state index < -0.39 is 11.7 Å².